The Morgan fingerprint density at radius 1 is 0.228 bits per heavy atom. The van der Waals surface area contributed by atoms with Crippen molar-refractivity contribution in [3.05, 3.63) is 269 Å². The average molecular weight is 724 g/mol. The Bertz CT molecular complexity index is 2880. The van der Waals surface area contributed by atoms with E-state index in [2.05, 4.69) is 229 Å². The van der Waals surface area contributed by atoms with Gasteiger partial charge in [-0.15, -0.1) is 0 Å². The number of rotatable bonds is 4. The molecule has 1 heteroatoms. The molecule has 3 aliphatic rings. The Morgan fingerprint density at radius 2 is 0.544 bits per heavy atom. The van der Waals surface area contributed by atoms with E-state index in [1.165, 1.54) is 77.9 Å². The van der Waals surface area contributed by atoms with E-state index in [9.17, 15) is 0 Å². The first-order chi connectivity index (χ1) is 28.3. The summed E-state index contributed by atoms with van der Waals surface area (Å²) >= 11 is 0. The summed E-state index contributed by atoms with van der Waals surface area (Å²) in [4.78, 5) is 2.32. The SMILES string of the molecule is c1ccc(N(c2ccccc2)c2ccc(-c3ccc4c(c3)C3(c5ccccc5-4)c4ccccc4C4(c5ccccc5-c5ccccc54)c4ccccc43)cc2)cc1. The molecule has 9 aromatic rings. The fourth-order valence-electron chi connectivity index (χ4n) is 10.8. The minimum atomic E-state index is -0.510. The molecule has 0 saturated carbocycles. The van der Waals surface area contributed by atoms with Crippen LogP contribution in [-0.4, -0.2) is 0 Å². The van der Waals surface area contributed by atoms with Crippen LogP contribution in [0, 0.1) is 0 Å². The number of hydrogen-bond acceptors (Lipinski definition) is 1. The maximum absolute atomic E-state index is 2.50. The molecule has 3 aliphatic carbocycles. The molecule has 266 valence electrons. The molecule has 1 nitrogen and oxygen atoms in total. The summed E-state index contributed by atoms with van der Waals surface area (Å²) < 4.78 is 0. The van der Waals surface area contributed by atoms with Crippen LogP contribution in [-0.2, 0) is 10.8 Å². The minimum absolute atomic E-state index is 0.444. The summed E-state index contributed by atoms with van der Waals surface area (Å²) in [6, 6.07) is 83.6. The second-order valence-corrected chi connectivity index (χ2v) is 15.5. The Morgan fingerprint density at radius 3 is 0.982 bits per heavy atom. The second-order valence-electron chi connectivity index (χ2n) is 15.5. The number of para-hydroxylation sites is 2. The first kappa shape index (κ1) is 32.1. The van der Waals surface area contributed by atoms with Crippen LogP contribution in [0.4, 0.5) is 17.1 Å². The Labute approximate surface area is 333 Å². The predicted molar refractivity (Wildman–Crippen MR) is 235 cm³/mol. The highest BCUT2D eigenvalue weighted by atomic mass is 15.1. The highest BCUT2D eigenvalue weighted by Crippen LogP contribution is 2.67. The summed E-state index contributed by atoms with van der Waals surface area (Å²) in [5.74, 6) is 0. The molecular weight excluding hydrogens is 687 g/mol. The lowest BCUT2D eigenvalue weighted by molar-refractivity contribution is 0.633. The Hall–Kier alpha value is -7.22. The number of fused-ring (bicyclic) bond motifs is 16. The highest BCUT2D eigenvalue weighted by Gasteiger charge is 2.58. The van der Waals surface area contributed by atoms with Crippen LogP contribution in [0.1, 0.15) is 44.5 Å². The molecule has 0 amide bonds. The van der Waals surface area contributed by atoms with Crippen molar-refractivity contribution in [1.82, 2.24) is 0 Å². The lowest BCUT2D eigenvalue weighted by atomic mass is 9.52. The van der Waals surface area contributed by atoms with Crippen molar-refractivity contribution in [1.29, 1.82) is 0 Å². The lowest BCUT2D eigenvalue weighted by Crippen LogP contribution is -2.43. The summed E-state index contributed by atoms with van der Waals surface area (Å²) in [5, 5.41) is 0. The quantitative estimate of drug-likeness (QED) is 0.175. The molecule has 0 atom stereocenters. The topological polar surface area (TPSA) is 3.24 Å². The van der Waals surface area contributed by atoms with Crippen molar-refractivity contribution in [3.63, 3.8) is 0 Å². The number of hydrogen-bond donors (Lipinski definition) is 0. The van der Waals surface area contributed by atoms with E-state index >= 15 is 0 Å². The number of benzene rings is 9. The van der Waals surface area contributed by atoms with Gasteiger partial charge in [-0.3, -0.25) is 0 Å². The van der Waals surface area contributed by atoms with Crippen LogP contribution in [0.5, 0.6) is 0 Å². The molecule has 0 fully saturated rings. The van der Waals surface area contributed by atoms with Crippen LogP contribution in [0.2, 0.25) is 0 Å². The molecule has 0 N–H and O–H groups in total. The minimum Gasteiger partial charge on any atom is -0.311 e. The van der Waals surface area contributed by atoms with E-state index in [-0.39, 0.29) is 0 Å². The Balaban J connectivity index is 1.09. The standard InChI is InChI=1S/C56H37N/c1-3-17-40(18-4-1)57(41-19-5-2-6-20-41)42-34-31-38(32-35-42)39-33-36-46-45-23-9-12-26-49(45)56(54(46)37-39)52-29-15-13-27-50(52)55(51-28-14-16-30-53(51)56)47-24-10-7-21-43(47)44-22-8-11-25-48(44)55/h1-37H. The van der Waals surface area contributed by atoms with E-state index in [1.54, 1.807) is 0 Å². The van der Waals surface area contributed by atoms with Gasteiger partial charge in [0.2, 0.25) is 0 Å². The first-order valence-electron chi connectivity index (χ1n) is 19.9. The normalized spacial score (nSPS) is 14.2. The van der Waals surface area contributed by atoms with E-state index in [1.807, 2.05) is 0 Å². The molecule has 9 aromatic carbocycles. The van der Waals surface area contributed by atoms with Gasteiger partial charge in [-0.05, 0) is 120 Å². The van der Waals surface area contributed by atoms with Crippen molar-refractivity contribution >= 4 is 17.1 Å². The zero-order valence-corrected chi connectivity index (χ0v) is 31.3. The molecule has 0 bridgehead atoms. The molecule has 57 heavy (non-hydrogen) atoms. The van der Waals surface area contributed by atoms with Gasteiger partial charge in [0.15, 0.2) is 0 Å². The van der Waals surface area contributed by atoms with Crippen LogP contribution >= 0.6 is 0 Å². The third kappa shape index (κ3) is 4.23. The van der Waals surface area contributed by atoms with Crippen LogP contribution < -0.4 is 4.90 Å². The van der Waals surface area contributed by atoms with E-state index in [4.69, 9.17) is 0 Å². The van der Waals surface area contributed by atoms with Crippen molar-refractivity contribution in [2.75, 3.05) is 4.90 Å². The summed E-state index contributed by atoms with van der Waals surface area (Å²) in [7, 11) is 0. The number of nitrogens with zero attached hydrogens (tertiary/aromatic N) is 1. The smallest absolute Gasteiger partial charge is 0.0720 e. The predicted octanol–water partition coefficient (Wildman–Crippen LogP) is 13.9. The van der Waals surface area contributed by atoms with Gasteiger partial charge < -0.3 is 4.90 Å². The highest BCUT2D eigenvalue weighted by molar-refractivity contribution is 5.94. The van der Waals surface area contributed by atoms with E-state index in [0.29, 0.717) is 0 Å². The molecule has 0 aromatic heterocycles. The van der Waals surface area contributed by atoms with Gasteiger partial charge in [0.1, 0.15) is 0 Å². The fraction of sp³-hybridized carbons (Fsp3) is 0.0357. The zero-order valence-electron chi connectivity index (χ0n) is 31.3. The third-order valence-corrected chi connectivity index (χ3v) is 13.0. The zero-order chi connectivity index (χ0) is 37.6. The Kier molecular flexibility index (Phi) is 6.83. The largest absolute Gasteiger partial charge is 0.311 e. The van der Waals surface area contributed by atoms with E-state index in [0.717, 1.165) is 17.1 Å². The fourth-order valence-corrected chi connectivity index (χ4v) is 10.8. The second kappa shape index (κ2) is 12.1. The first-order valence-corrected chi connectivity index (χ1v) is 19.9. The molecule has 0 radical (unpaired) electrons. The van der Waals surface area contributed by atoms with Crippen LogP contribution in [0.3, 0.4) is 0 Å². The van der Waals surface area contributed by atoms with E-state index < -0.39 is 10.8 Å². The van der Waals surface area contributed by atoms with Gasteiger partial charge in [0.25, 0.3) is 0 Å². The monoisotopic (exact) mass is 723 g/mol. The summed E-state index contributed by atoms with van der Waals surface area (Å²) in [5.41, 5.74) is 21.0. The maximum Gasteiger partial charge on any atom is 0.0720 e. The van der Waals surface area contributed by atoms with Crippen molar-refractivity contribution in [2.24, 2.45) is 0 Å². The third-order valence-electron chi connectivity index (χ3n) is 13.0. The molecule has 2 spiro atoms. The van der Waals surface area contributed by atoms with Gasteiger partial charge >= 0.3 is 0 Å². The summed E-state index contributed by atoms with van der Waals surface area (Å²) in [6.45, 7) is 0. The van der Waals surface area contributed by atoms with Gasteiger partial charge in [0, 0.05) is 17.1 Å². The van der Waals surface area contributed by atoms with Gasteiger partial charge in [0.05, 0.1) is 10.8 Å². The van der Waals surface area contributed by atoms with Crippen LogP contribution in [0.15, 0.2) is 224 Å². The van der Waals surface area contributed by atoms with Crippen molar-refractivity contribution in [3.8, 4) is 33.4 Å². The molecule has 0 aliphatic heterocycles. The molecule has 0 heterocycles. The van der Waals surface area contributed by atoms with Gasteiger partial charge in [-0.1, -0.05) is 182 Å². The molecular formula is C56H37N. The van der Waals surface area contributed by atoms with Crippen LogP contribution in [0.25, 0.3) is 33.4 Å². The maximum atomic E-state index is 2.50. The van der Waals surface area contributed by atoms with Crippen molar-refractivity contribution in [2.45, 2.75) is 10.8 Å². The van der Waals surface area contributed by atoms with Crippen molar-refractivity contribution < 1.29 is 0 Å². The summed E-state index contributed by atoms with van der Waals surface area (Å²) in [6.07, 6.45) is 0. The molecule has 0 unspecified atom stereocenters. The molecule has 0 saturated heterocycles. The van der Waals surface area contributed by atoms with Gasteiger partial charge in [-0.2, -0.15) is 0 Å². The molecule has 12 rings (SSSR count). The average Bonchev–Trinajstić information content (AvgIpc) is 3.75. The lowest BCUT2D eigenvalue weighted by Gasteiger charge is -2.48. The number of anilines is 3. The van der Waals surface area contributed by atoms with Gasteiger partial charge in [-0.25, -0.2) is 0 Å².